The molecule has 0 radical (unpaired) electrons. The molecule has 0 saturated carbocycles. The fourth-order valence-corrected chi connectivity index (χ4v) is 3.39. The molecule has 2 aliphatic heterocycles. The van der Waals surface area contributed by atoms with Gasteiger partial charge in [0.15, 0.2) is 10.9 Å². The zero-order chi connectivity index (χ0) is 15.8. The number of hydrogen-bond donors (Lipinski definition) is 1. The highest BCUT2D eigenvalue weighted by Crippen LogP contribution is 2.33. The van der Waals surface area contributed by atoms with Crippen molar-refractivity contribution in [2.75, 3.05) is 0 Å². The van der Waals surface area contributed by atoms with Gasteiger partial charge in [-0.3, -0.25) is 9.59 Å². The molecular weight excluding hydrogens is 312 g/mol. The van der Waals surface area contributed by atoms with Crippen LogP contribution >= 0.6 is 11.8 Å². The lowest BCUT2D eigenvalue weighted by atomic mass is 10.2. The maximum atomic E-state index is 11.6. The standard InChI is InChI=1S/C17H12N2O3S/c20-14-9-15(21)18-13(14)8-11-5-6-17(22-11)23-16-7-10-3-1-2-4-12(10)19-16/h1-6,8H,7,9H2,(H,18,21)/b13-8-. The summed E-state index contributed by atoms with van der Waals surface area (Å²) in [5.74, 6) is 0.0471. The maximum absolute atomic E-state index is 11.6. The molecule has 1 fully saturated rings. The molecule has 0 bridgehead atoms. The number of thioether (sulfide) groups is 1. The third-order valence-corrected chi connectivity index (χ3v) is 4.47. The quantitative estimate of drug-likeness (QED) is 0.680. The van der Waals surface area contributed by atoms with Crippen molar-refractivity contribution in [1.82, 2.24) is 5.32 Å². The van der Waals surface area contributed by atoms with E-state index in [0.717, 1.165) is 17.2 Å². The molecule has 114 valence electrons. The second-order valence-electron chi connectivity index (χ2n) is 5.28. The predicted molar refractivity (Wildman–Crippen MR) is 87.5 cm³/mol. The van der Waals surface area contributed by atoms with Crippen LogP contribution in [0.2, 0.25) is 0 Å². The van der Waals surface area contributed by atoms with Gasteiger partial charge in [0.05, 0.1) is 22.8 Å². The van der Waals surface area contributed by atoms with Crippen LogP contribution in [0.1, 0.15) is 17.7 Å². The van der Waals surface area contributed by atoms with Crippen LogP contribution in [0, 0.1) is 0 Å². The Morgan fingerprint density at radius 1 is 1.13 bits per heavy atom. The molecule has 1 aromatic carbocycles. The number of allylic oxidation sites excluding steroid dienone is 1. The summed E-state index contributed by atoms with van der Waals surface area (Å²) in [7, 11) is 0. The van der Waals surface area contributed by atoms with Crippen molar-refractivity contribution in [3.63, 3.8) is 0 Å². The average molecular weight is 324 g/mol. The Morgan fingerprint density at radius 3 is 2.78 bits per heavy atom. The topological polar surface area (TPSA) is 71.7 Å². The molecule has 2 aromatic rings. The van der Waals surface area contributed by atoms with Gasteiger partial charge in [0.25, 0.3) is 0 Å². The molecule has 1 N–H and O–H groups in total. The fourth-order valence-electron chi connectivity index (χ4n) is 2.51. The summed E-state index contributed by atoms with van der Waals surface area (Å²) in [6.07, 6.45) is 2.26. The molecule has 1 aromatic heterocycles. The summed E-state index contributed by atoms with van der Waals surface area (Å²) in [6.45, 7) is 0. The first kappa shape index (κ1) is 14.0. The van der Waals surface area contributed by atoms with Gasteiger partial charge in [-0.15, -0.1) is 0 Å². The summed E-state index contributed by atoms with van der Waals surface area (Å²) < 4.78 is 5.69. The highest BCUT2D eigenvalue weighted by molar-refractivity contribution is 8.13. The molecule has 3 heterocycles. The second kappa shape index (κ2) is 5.55. The SMILES string of the molecule is O=C1CC(=O)/C(=C/c2ccc(SC3=Nc4ccccc4C3)o2)N1. The van der Waals surface area contributed by atoms with Crippen molar-refractivity contribution in [1.29, 1.82) is 0 Å². The molecule has 2 aliphatic rings. The maximum Gasteiger partial charge on any atom is 0.232 e. The van der Waals surface area contributed by atoms with E-state index in [-0.39, 0.29) is 23.8 Å². The van der Waals surface area contributed by atoms with E-state index in [1.807, 2.05) is 24.3 Å². The Bertz CT molecular complexity index is 879. The number of carbonyl (C=O) groups is 2. The first-order valence-corrected chi connectivity index (χ1v) is 7.97. The number of ketones is 1. The van der Waals surface area contributed by atoms with E-state index in [0.29, 0.717) is 10.9 Å². The summed E-state index contributed by atoms with van der Waals surface area (Å²) >= 11 is 1.47. The summed E-state index contributed by atoms with van der Waals surface area (Å²) in [6, 6.07) is 11.7. The van der Waals surface area contributed by atoms with Gasteiger partial charge >= 0.3 is 0 Å². The zero-order valence-electron chi connectivity index (χ0n) is 12.0. The van der Waals surface area contributed by atoms with Crippen LogP contribution in [0.5, 0.6) is 0 Å². The second-order valence-corrected chi connectivity index (χ2v) is 6.35. The number of nitrogens with one attached hydrogen (secondary N) is 1. The number of Topliss-reactive ketones (excluding diaryl/α,β-unsaturated/α-hetero) is 1. The molecule has 0 atom stereocenters. The van der Waals surface area contributed by atoms with Crippen LogP contribution in [-0.2, 0) is 16.0 Å². The number of amides is 1. The Morgan fingerprint density at radius 2 is 2.00 bits per heavy atom. The van der Waals surface area contributed by atoms with Gasteiger partial charge in [-0.25, -0.2) is 4.99 Å². The third-order valence-electron chi connectivity index (χ3n) is 3.58. The molecule has 0 unspecified atom stereocenters. The van der Waals surface area contributed by atoms with E-state index in [1.165, 1.54) is 17.3 Å². The lowest BCUT2D eigenvalue weighted by Crippen LogP contribution is -2.12. The van der Waals surface area contributed by atoms with Crippen molar-refractivity contribution < 1.29 is 14.0 Å². The van der Waals surface area contributed by atoms with E-state index < -0.39 is 0 Å². The van der Waals surface area contributed by atoms with Crippen LogP contribution < -0.4 is 5.32 Å². The van der Waals surface area contributed by atoms with Crippen molar-refractivity contribution in [2.24, 2.45) is 4.99 Å². The molecule has 5 nitrogen and oxygen atoms in total. The van der Waals surface area contributed by atoms with Crippen molar-refractivity contribution >= 4 is 40.3 Å². The average Bonchev–Trinajstić information content (AvgIpc) is 3.19. The van der Waals surface area contributed by atoms with Gasteiger partial charge in [0, 0.05) is 12.5 Å². The minimum Gasteiger partial charge on any atom is -0.450 e. The number of furan rings is 1. The van der Waals surface area contributed by atoms with E-state index in [2.05, 4.69) is 16.4 Å². The Balaban J connectivity index is 1.49. The summed E-state index contributed by atoms with van der Waals surface area (Å²) in [4.78, 5) is 27.3. The molecule has 0 aliphatic carbocycles. The monoisotopic (exact) mass is 324 g/mol. The lowest BCUT2D eigenvalue weighted by molar-refractivity contribution is -0.121. The van der Waals surface area contributed by atoms with Crippen molar-refractivity contribution in [3.05, 3.63) is 53.4 Å². The number of rotatable bonds is 2. The number of para-hydroxylation sites is 1. The summed E-state index contributed by atoms with van der Waals surface area (Å²) in [5.41, 5.74) is 2.50. The van der Waals surface area contributed by atoms with Crippen molar-refractivity contribution in [3.8, 4) is 0 Å². The van der Waals surface area contributed by atoms with Crippen LogP contribution in [0.3, 0.4) is 0 Å². The van der Waals surface area contributed by atoms with E-state index in [4.69, 9.17) is 4.42 Å². The first-order valence-electron chi connectivity index (χ1n) is 7.15. The largest absolute Gasteiger partial charge is 0.450 e. The molecule has 0 spiro atoms. The number of aliphatic imine (C=N–C) groups is 1. The predicted octanol–water partition coefficient (Wildman–Crippen LogP) is 3.09. The van der Waals surface area contributed by atoms with Crippen LogP contribution in [0.25, 0.3) is 6.08 Å². The van der Waals surface area contributed by atoms with Crippen LogP contribution in [0.4, 0.5) is 5.69 Å². The Hall–Kier alpha value is -2.60. The van der Waals surface area contributed by atoms with Crippen LogP contribution in [-0.4, -0.2) is 16.7 Å². The number of carbonyl (C=O) groups excluding carboxylic acids is 2. The first-order chi connectivity index (χ1) is 11.2. The van der Waals surface area contributed by atoms with E-state index >= 15 is 0 Å². The highest BCUT2D eigenvalue weighted by atomic mass is 32.2. The lowest BCUT2D eigenvalue weighted by Gasteiger charge is -1.96. The van der Waals surface area contributed by atoms with Gasteiger partial charge in [0.1, 0.15) is 5.76 Å². The van der Waals surface area contributed by atoms with Crippen LogP contribution in [0.15, 0.2) is 56.6 Å². The zero-order valence-corrected chi connectivity index (χ0v) is 12.9. The number of benzene rings is 1. The van der Waals surface area contributed by atoms with E-state index in [9.17, 15) is 9.59 Å². The molecule has 4 rings (SSSR count). The Labute approximate surface area is 136 Å². The number of fused-ring (bicyclic) bond motifs is 1. The van der Waals surface area contributed by atoms with Gasteiger partial charge in [-0.2, -0.15) is 0 Å². The normalized spacial score (nSPS) is 18.3. The van der Waals surface area contributed by atoms with E-state index in [1.54, 1.807) is 12.1 Å². The number of nitrogens with zero attached hydrogens (tertiary/aromatic N) is 1. The molecule has 1 amide bonds. The van der Waals surface area contributed by atoms with Crippen molar-refractivity contribution in [2.45, 2.75) is 17.9 Å². The van der Waals surface area contributed by atoms with Gasteiger partial charge < -0.3 is 9.73 Å². The minimum absolute atomic E-state index is 0.0940. The van der Waals surface area contributed by atoms with Gasteiger partial charge in [-0.1, -0.05) is 18.2 Å². The number of hydrogen-bond acceptors (Lipinski definition) is 5. The van der Waals surface area contributed by atoms with Gasteiger partial charge in [-0.05, 0) is 35.5 Å². The smallest absolute Gasteiger partial charge is 0.232 e. The minimum atomic E-state index is -0.277. The Kier molecular flexibility index (Phi) is 3.38. The third kappa shape index (κ3) is 2.85. The molecule has 6 heteroatoms. The molecular formula is C17H12N2O3S. The van der Waals surface area contributed by atoms with Gasteiger partial charge in [0.2, 0.25) is 5.91 Å². The fraction of sp³-hybridized carbons (Fsp3) is 0.118. The highest BCUT2D eigenvalue weighted by Gasteiger charge is 2.24. The summed E-state index contributed by atoms with van der Waals surface area (Å²) in [5, 5.41) is 4.21. The molecule has 1 saturated heterocycles. The molecule has 23 heavy (non-hydrogen) atoms.